The van der Waals surface area contributed by atoms with Gasteiger partial charge in [0.2, 0.25) is 5.91 Å². The zero-order chi connectivity index (χ0) is 12.5. The summed E-state index contributed by atoms with van der Waals surface area (Å²) < 4.78 is 5.06. The van der Waals surface area contributed by atoms with Crippen LogP contribution in [0.15, 0.2) is 22.8 Å². The largest absolute Gasteiger partial charge is 0.459 e. The lowest BCUT2D eigenvalue weighted by Crippen LogP contribution is -2.47. The highest BCUT2D eigenvalue weighted by molar-refractivity contribution is 5.92. The fraction of sp³-hybridized carbons (Fsp3) is 0.538. The SMILES string of the molecule is O=C(NC1CC(=O)N2CCCCC12)c1ccco1. The molecule has 3 heterocycles. The first-order valence-electron chi connectivity index (χ1n) is 6.39. The van der Waals surface area contributed by atoms with E-state index in [-0.39, 0.29) is 23.9 Å². The smallest absolute Gasteiger partial charge is 0.287 e. The topological polar surface area (TPSA) is 62.6 Å². The first-order valence-corrected chi connectivity index (χ1v) is 6.39. The summed E-state index contributed by atoms with van der Waals surface area (Å²) in [5, 5.41) is 2.92. The van der Waals surface area contributed by atoms with Crippen LogP contribution >= 0.6 is 0 Å². The standard InChI is InChI=1S/C13H16N2O3/c16-12-8-9(10-4-1-2-6-15(10)12)14-13(17)11-5-3-7-18-11/h3,5,7,9-10H,1-2,4,6,8H2,(H,14,17). The minimum absolute atomic E-state index is 0.0737. The fourth-order valence-corrected chi connectivity index (χ4v) is 2.92. The molecule has 5 nitrogen and oxygen atoms in total. The maximum absolute atomic E-state index is 11.9. The molecule has 1 aromatic heterocycles. The number of nitrogens with one attached hydrogen (secondary N) is 1. The highest BCUT2D eigenvalue weighted by atomic mass is 16.3. The highest BCUT2D eigenvalue weighted by Gasteiger charge is 2.41. The predicted octanol–water partition coefficient (Wildman–Crippen LogP) is 1.16. The molecule has 2 atom stereocenters. The van der Waals surface area contributed by atoms with Crippen molar-refractivity contribution < 1.29 is 14.0 Å². The Labute approximate surface area is 105 Å². The molecule has 2 aliphatic rings. The van der Waals surface area contributed by atoms with Crippen molar-refractivity contribution in [3.8, 4) is 0 Å². The number of hydrogen-bond acceptors (Lipinski definition) is 3. The van der Waals surface area contributed by atoms with Crippen molar-refractivity contribution >= 4 is 11.8 Å². The number of rotatable bonds is 2. The van der Waals surface area contributed by atoms with Gasteiger partial charge in [-0.15, -0.1) is 0 Å². The van der Waals surface area contributed by atoms with Gasteiger partial charge in [0.15, 0.2) is 5.76 Å². The molecule has 0 radical (unpaired) electrons. The molecule has 0 aromatic carbocycles. The number of amides is 2. The van der Waals surface area contributed by atoms with Crippen molar-refractivity contribution in [1.82, 2.24) is 10.2 Å². The van der Waals surface area contributed by atoms with E-state index in [4.69, 9.17) is 4.42 Å². The van der Waals surface area contributed by atoms with Crippen molar-refractivity contribution in [2.24, 2.45) is 0 Å². The van der Waals surface area contributed by atoms with Gasteiger partial charge in [-0.25, -0.2) is 0 Å². The van der Waals surface area contributed by atoms with Gasteiger partial charge in [0.1, 0.15) is 0 Å². The molecule has 0 saturated carbocycles. The third-order valence-corrected chi connectivity index (χ3v) is 3.79. The van der Waals surface area contributed by atoms with E-state index in [1.54, 1.807) is 12.1 Å². The number of nitrogens with zero attached hydrogens (tertiary/aromatic N) is 1. The minimum Gasteiger partial charge on any atom is -0.459 e. The van der Waals surface area contributed by atoms with Crippen LogP contribution in [0.4, 0.5) is 0 Å². The van der Waals surface area contributed by atoms with Crippen LogP contribution in [0.2, 0.25) is 0 Å². The van der Waals surface area contributed by atoms with Gasteiger partial charge in [-0.2, -0.15) is 0 Å². The Balaban J connectivity index is 1.70. The summed E-state index contributed by atoms with van der Waals surface area (Å²) in [6.45, 7) is 0.830. The van der Waals surface area contributed by atoms with Gasteiger partial charge in [0, 0.05) is 13.0 Å². The second kappa shape index (κ2) is 4.48. The monoisotopic (exact) mass is 248 g/mol. The molecule has 3 rings (SSSR count). The molecule has 1 N–H and O–H groups in total. The molecule has 0 bridgehead atoms. The average molecular weight is 248 g/mol. The quantitative estimate of drug-likeness (QED) is 0.854. The normalized spacial score (nSPS) is 27.1. The van der Waals surface area contributed by atoms with E-state index in [1.165, 1.54) is 6.26 Å². The van der Waals surface area contributed by atoms with E-state index in [9.17, 15) is 9.59 Å². The molecular weight excluding hydrogens is 232 g/mol. The van der Waals surface area contributed by atoms with E-state index in [1.807, 2.05) is 4.90 Å². The summed E-state index contributed by atoms with van der Waals surface area (Å²) in [7, 11) is 0. The zero-order valence-electron chi connectivity index (χ0n) is 10.1. The van der Waals surface area contributed by atoms with E-state index in [0.717, 1.165) is 25.8 Å². The molecule has 2 aliphatic heterocycles. The Morgan fingerprint density at radius 1 is 1.44 bits per heavy atom. The molecule has 2 unspecified atom stereocenters. The Morgan fingerprint density at radius 3 is 3.11 bits per heavy atom. The van der Waals surface area contributed by atoms with Gasteiger partial charge in [0.25, 0.3) is 5.91 Å². The van der Waals surface area contributed by atoms with Gasteiger partial charge in [-0.05, 0) is 31.4 Å². The van der Waals surface area contributed by atoms with Gasteiger partial charge >= 0.3 is 0 Å². The van der Waals surface area contributed by atoms with Crippen molar-refractivity contribution in [1.29, 1.82) is 0 Å². The van der Waals surface area contributed by atoms with Crippen LogP contribution in [0.3, 0.4) is 0 Å². The van der Waals surface area contributed by atoms with Crippen LogP contribution in [0.5, 0.6) is 0 Å². The van der Waals surface area contributed by atoms with Crippen molar-refractivity contribution in [2.45, 2.75) is 37.8 Å². The Hall–Kier alpha value is -1.78. The van der Waals surface area contributed by atoms with Crippen LogP contribution < -0.4 is 5.32 Å². The molecule has 2 saturated heterocycles. The number of carbonyl (C=O) groups is 2. The first-order chi connectivity index (χ1) is 8.75. The maximum Gasteiger partial charge on any atom is 0.287 e. The van der Waals surface area contributed by atoms with Crippen LogP contribution in [-0.2, 0) is 4.79 Å². The Bertz CT molecular complexity index is 455. The molecule has 0 spiro atoms. The van der Waals surface area contributed by atoms with E-state index < -0.39 is 0 Å². The summed E-state index contributed by atoms with van der Waals surface area (Å²) in [5.41, 5.74) is 0. The number of furan rings is 1. The molecule has 96 valence electrons. The van der Waals surface area contributed by atoms with Gasteiger partial charge < -0.3 is 14.6 Å². The highest BCUT2D eigenvalue weighted by Crippen LogP contribution is 2.28. The molecule has 0 aliphatic carbocycles. The summed E-state index contributed by atoms with van der Waals surface area (Å²) >= 11 is 0. The zero-order valence-corrected chi connectivity index (χ0v) is 10.1. The fourth-order valence-electron chi connectivity index (χ4n) is 2.92. The number of fused-ring (bicyclic) bond motifs is 1. The van der Waals surface area contributed by atoms with E-state index in [2.05, 4.69) is 5.32 Å². The van der Waals surface area contributed by atoms with Gasteiger partial charge in [-0.3, -0.25) is 9.59 Å². The van der Waals surface area contributed by atoms with Crippen LogP contribution in [0, 0.1) is 0 Å². The van der Waals surface area contributed by atoms with Crippen molar-refractivity contribution in [3.05, 3.63) is 24.2 Å². The van der Waals surface area contributed by atoms with E-state index >= 15 is 0 Å². The number of piperidine rings is 1. The summed E-state index contributed by atoms with van der Waals surface area (Å²) in [4.78, 5) is 25.7. The minimum atomic E-state index is -0.231. The summed E-state index contributed by atoms with van der Waals surface area (Å²) in [6.07, 6.45) is 5.07. The lowest BCUT2D eigenvalue weighted by atomic mass is 9.99. The van der Waals surface area contributed by atoms with Crippen LogP contribution in [0.1, 0.15) is 36.2 Å². The number of hydrogen-bond donors (Lipinski definition) is 1. The second-order valence-corrected chi connectivity index (χ2v) is 4.91. The molecule has 5 heteroatoms. The summed E-state index contributed by atoms with van der Waals surface area (Å²) in [5.74, 6) is 0.228. The van der Waals surface area contributed by atoms with Gasteiger partial charge in [0.05, 0.1) is 18.3 Å². The first kappa shape index (κ1) is 11.3. The third-order valence-electron chi connectivity index (χ3n) is 3.79. The molecule has 2 fully saturated rings. The molecule has 18 heavy (non-hydrogen) atoms. The molecule has 2 amide bonds. The second-order valence-electron chi connectivity index (χ2n) is 4.91. The predicted molar refractivity (Wildman–Crippen MR) is 63.9 cm³/mol. The van der Waals surface area contributed by atoms with Crippen molar-refractivity contribution in [2.75, 3.05) is 6.54 Å². The van der Waals surface area contributed by atoms with Gasteiger partial charge in [-0.1, -0.05) is 0 Å². The third kappa shape index (κ3) is 1.89. The summed E-state index contributed by atoms with van der Waals surface area (Å²) in [6, 6.07) is 3.41. The van der Waals surface area contributed by atoms with Crippen LogP contribution in [0.25, 0.3) is 0 Å². The van der Waals surface area contributed by atoms with E-state index in [0.29, 0.717) is 12.2 Å². The molecular formula is C13H16N2O3. The average Bonchev–Trinajstić information content (AvgIpc) is 3.00. The lowest BCUT2D eigenvalue weighted by Gasteiger charge is -2.32. The van der Waals surface area contributed by atoms with Crippen molar-refractivity contribution in [3.63, 3.8) is 0 Å². The Kier molecular flexibility index (Phi) is 2.81. The lowest BCUT2D eigenvalue weighted by molar-refractivity contribution is -0.129. The molecule has 1 aromatic rings. The van der Waals surface area contributed by atoms with Crippen LogP contribution in [-0.4, -0.2) is 35.3 Å². The maximum atomic E-state index is 11.9. The Morgan fingerprint density at radius 2 is 2.33 bits per heavy atom. The number of carbonyl (C=O) groups excluding carboxylic acids is 2.